The van der Waals surface area contributed by atoms with Gasteiger partial charge in [-0.25, -0.2) is 4.79 Å². The Balaban J connectivity index is 3.65. The second-order valence-corrected chi connectivity index (χ2v) is 2.35. The van der Waals surface area contributed by atoms with Crippen LogP contribution in [-0.4, -0.2) is 9.24 Å². The Morgan fingerprint density at radius 2 is 2.15 bits per heavy atom. The van der Waals surface area contributed by atoms with Crippen LogP contribution in [-0.2, 0) is 6.54 Å². The number of nitroso groups, excluding NO2 is 1. The number of nitrogens with two attached hydrogens (primary N) is 1. The molecule has 13 heavy (non-hydrogen) atoms. The molecular formula is C6H8N4O3. The summed E-state index contributed by atoms with van der Waals surface area (Å²) >= 11 is 0. The van der Waals surface area contributed by atoms with Crippen LogP contribution in [0.15, 0.2) is 21.0 Å². The summed E-state index contributed by atoms with van der Waals surface area (Å²) in [7, 11) is 0. The lowest BCUT2D eigenvalue weighted by molar-refractivity contribution is 0.649. The fourth-order valence-corrected chi connectivity index (χ4v) is 0.896. The second kappa shape index (κ2) is 3.21. The minimum Gasteiger partial charge on any atom is -0.332 e. The predicted octanol–water partition coefficient (Wildman–Crippen LogP) is -0.858. The Hall–Kier alpha value is -1.92. The normalized spacial score (nSPS) is 9.92. The Morgan fingerprint density at radius 1 is 1.54 bits per heavy atom. The molecule has 0 saturated carbocycles. The number of hydrogen-bond donors (Lipinski definition) is 1. The van der Waals surface area contributed by atoms with E-state index in [1.54, 1.807) is 6.92 Å². The first-order valence-corrected chi connectivity index (χ1v) is 3.56. The molecule has 0 radical (unpaired) electrons. The Labute approximate surface area is 72.3 Å². The van der Waals surface area contributed by atoms with Crippen molar-refractivity contribution in [3.8, 4) is 0 Å². The highest BCUT2D eigenvalue weighted by molar-refractivity contribution is 5.29. The van der Waals surface area contributed by atoms with Crippen molar-refractivity contribution in [2.45, 2.75) is 13.5 Å². The van der Waals surface area contributed by atoms with Crippen LogP contribution in [0.1, 0.15) is 6.92 Å². The highest BCUT2D eigenvalue weighted by atomic mass is 16.3. The van der Waals surface area contributed by atoms with Gasteiger partial charge in [0.05, 0.1) is 0 Å². The zero-order valence-corrected chi connectivity index (χ0v) is 6.93. The van der Waals surface area contributed by atoms with Crippen LogP contribution in [0.5, 0.6) is 0 Å². The van der Waals surface area contributed by atoms with E-state index in [-0.39, 0.29) is 5.69 Å². The highest BCUT2D eigenvalue weighted by Crippen LogP contribution is 1.98. The molecule has 0 saturated heterocycles. The molecule has 0 atom stereocenters. The predicted molar refractivity (Wildman–Crippen MR) is 46.2 cm³/mol. The maximum absolute atomic E-state index is 11.1. The zero-order valence-electron chi connectivity index (χ0n) is 6.93. The number of aryl methyl sites for hydroxylation is 1. The van der Waals surface area contributed by atoms with Crippen LogP contribution in [0.2, 0.25) is 0 Å². The molecule has 0 spiro atoms. The van der Waals surface area contributed by atoms with Gasteiger partial charge in [0.1, 0.15) is 0 Å². The molecule has 0 amide bonds. The summed E-state index contributed by atoms with van der Waals surface area (Å²) in [5.74, 6) is 5.11. The van der Waals surface area contributed by atoms with Gasteiger partial charge in [0.2, 0.25) is 0 Å². The van der Waals surface area contributed by atoms with E-state index in [4.69, 9.17) is 5.84 Å². The van der Waals surface area contributed by atoms with Gasteiger partial charge in [-0.3, -0.25) is 9.36 Å². The van der Waals surface area contributed by atoms with Gasteiger partial charge in [-0.2, -0.15) is 4.68 Å². The van der Waals surface area contributed by atoms with Gasteiger partial charge in [-0.1, -0.05) is 0 Å². The van der Waals surface area contributed by atoms with Crippen molar-refractivity contribution in [3.05, 3.63) is 31.9 Å². The molecule has 2 N–H and O–H groups in total. The van der Waals surface area contributed by atoms with Gasteiger partial charge in [-0.05, 0) is 12.1 Å². The lowest BCUT2D eigenvalue weighted by atomic mass is 10.5. The molecule has 1 aromatic rings. The maximum atomic E-state index is 11.1. The van der Waals surface area contributed by atoms with Gasteiger partial charge in [0.15, 0.2) is 5.69 Å². The molecule has 0 bridgehead atoms. The molecule has 7 heteroatoms. The van der Waals surface area contributed by atoms with Crippen molar-refractivity contribution in [1.29, 1.82) is 0 Å². The van der Waals surface area contributed by atoms with E-state index in [9.17, 15) is 14.5 Å². The van der Waals surface area contributed by atoms with Gasteiger partial charge < -0.3 is 5.84 Å². The van der Waals surface area contributed by atoms with Crippen molar-refractivity contribution in [3.63, 3.8) is 0 Å². The molecule has 0 aliphatic carbocycles. The Bertz CT molecular complexity index is 444. The fraction of sp³-hybridized carbons (Fsp3) is 0.333. The Kier molecular flexibility index (Phi) is 2.27. The zero-order chi connectivity index (χ0) is 10.0. The number of nitrogens with zero attached hydrogens (tertiary/aromatic N) is 3. The van der Waals surface area contributed by atoms with Gasteiger partial charge in [0.25, 0.3) is 0 Å². The van der Waals surface area contributed by atoms with Gasteiger partial charge in [0, 0.05) is 12.7 Å². The average molecular weight is 184 g/mol. The topological polar surface area (TPSA) is 99.4 Å². The Morgan fingerprint density at radius 3 is 2.62 bits per heavy atom. The van der Waals surface area contributed by atoms with E-state index in [2.05, 4.69) is 5.18 Å². The minimum atomic E-state index is -0.885. The van der Waals surface area contributed by atoms with Crippen LogP contribution < -0.4 is 17.1 Å². The maximum Gasteiger partial charge on any atom is 0.349 e. The summed E-state index contributed by atoms with van der Waals surface area (Å²) in [4.78, 5) is 32.3. The fourth-order valence-electron chi connectivity index (χ4n) is 0.896. The first-order chi connectivity index (χ1) is 6.11. The van der Waals surface area contributed by atoms with E-state index in [1.165, 1.54) is 0 Å². The minimum absolute atomic E-state index is 0.318. The van der Waals surface area contributed by atoms with Crippen LogP contribution in [0.4, 0.5) is 5.69 Å². The average Bonchev–Trinajstić information content (AvgIpc) is 2.15. The lowest BCUT2D eigenvalue weighted by Gasteiger charge is -2.03. The molecule has 1 aromatic heterocycles. The standard InChI is InChI=1S/C6H8N4O3/c1-2-9-3-4(8-13)5(11)10(7)6(9)12/h3H,2,7H2,1H3. The largest absolute Gasteiger partial charge is 0.349 e. The van der Waals surface area contributed by atoms with E-state index < -0.39 is 11.2 Å². The molecular weight excluding hydrogens is 176 g/mol. The van der Waals surface area contributed by atoms with Crippen LogP contribution in [0, 0.1) is 4.91 Å². The molecule has 1 heterocycles. The first-order valence-electron chi connectivity index (χ1n) is 3.56. The summed E-state index contributed by atoms with van der Waals surface area (Å²) in [5.41, 5.74) is -1.92. The SMILES string of the molecule is CCn1cc(N=O)c(=O)n(N)c1=O. The van der Waals surface area contributed by atoms with E-state index in [0.717, 1.165) is 10.8 Å². The molecule has 0 fully saturated rings. The molecule has 7 nitrogen and oxygen atoms in total. The van der Waals surface area contributed by atoms with Crippen LogP contribution in [0.25, 0.3) is 0 Å². The van der Waals surface area contributed by atoms with Crippen LogP contribution in [0.3, 0.4) is 0 Å². The van der Waals surface area contributed by atoms with Crippen molar-refractivity contribution < 1.29 is 0 Å². The third-order valence-electron chi connectivity index (χ3n) is 1.61. The first kappa shape index (κ1) is 9.17. The van der Waals surface area contributed by atoms with Crippen LogP contribution >= 0.6 is 0 Å². The molecule has 0 aromatic carbocycles. The van der Waals surface area contributed by atoms with Gasteiger partial charge in [-0.15, -0.1) is 4.91 Å². The molecule has 0 unspecified atom stereocenters. The molecule has 0 aliphatic heterocycles. The van der Waals surface area contributed by atoms with Crippen molar-refractivity contribution >= 4 is 5.69 Å². The van der Waals surface area contributed by atoms with E-state index in [0.29, 0.717) is 11.2 Å². The second-order valence-electron chi connectivity index (χ2n) is 2.35. The van der Waals surface area contributed by atoms with Crippen molar-refractivity contribution in [1.82, 2.24) is 9.24 Å². The van der Waals surface area contributed by atoms with Gasteiger partial charge >= 0.3 is 11.2 Å². The van der Waals surface area contributed by atoms with E-state index in [1.807, 2.05) is 0 Å². The number of nitrogen functional groups attached to an aromatic ring is 1. The number of rotatable bonds is 2. The molecule has 70 valence electrons. The van der Waals surface area contributed by atoms with E-state index >= 15 is 0 Å². The number of hydrogen-bond acceptors (Lipinski definition) is 5. The quantitative estimate of drug-likeness (QED) is 0.477. The number of aromatic nitrogens is 2. The van der Waals surface area contributed by atoms with Crippen molar-refractivity contribution in [2.75, 3.05) is 5.84 Å². The highest BCUT2D eigenvalue weighted by Gasteiger charge is 2.07. The third-order valence-corrected chi connectivity index (χ3v) is 1.61. The molecule has 0 aliphatic rings. The lowest BCUT2D eigenvalue weighted by Crippen LogP contribution is -2.43. The van der Waals surface area contributed by atoms with Crippen molar-refractivity contribution in [2.24, 2.45) is 5.18 Å². The molecule has 1 rings (SSSR count). The summed E-state index contributed by atoms with van der Waals surface area (Å²) < 4.78 is 1.48. The summed E-state index contributed by atoms with van der Waals surface area (Å²) in [6.07, 6.45) is 1.08. The summed E-state index contributed by atoms with van der Waals surface area (Å²) in [6.45, 7) is 2.00. The summed E-state index contributed by atoms with van der Waals surface area (Å²) in [5, 5.41) is 2.46. The monoisotopic (exact) mass is 184 g/mol. The third kappa shape index (κ3) is 1.35. The summed E-state index contributed by atoms with van der Waals surface area (Å²) in [6, 6.07) is 0. The smallest absolute Gasteiger partial charge is 0.332 e.